The zero-order valence-electron chi connectivity index (χ0n) is 13.4. The van der Waals surface area contributed by atoms with Crippen molar-refractivity contribution in [2.45, 2.75) is 58.7 Å². The molecule has 3 nitrogen and oxygen atoms in total. The van der Waals surface area contributed by atoms with Crippen molar-refractivity contribution in [3.8, 4) is 5.75 Å². The third kappa shape index (κ3) is 4.31. The van der Waals surface area contributed by atoms with Crippen molar-refractivity contribution < 1.29 is 14.3 Å². The van der Waals surface area contributed by atoms with E-state index in [0.717, 1.165) is 30.1 Å². The Morgan fingerprint density at radius 1 is 1.33 bits per heavy atom. The van der Waals surface area contributed by atoms with Gasteiger partial charge in [0.05, 0.1) is 19.8 Å². The molecule has 0 N–H and O–H groups in total. The Balaban J connectivity index is 2.01. The van der Waals surface area contributed by atoms with Crippen molar-refractivity contribution in [2.75, 3.05) is 7.11 Å². The normalized spacial score (nSPS) is 22.0. The van der Waals surface area contributed by atoms with Crippen molar-refractivity contribution in [3.05, 3.63) is 29.3 Å². The quantitative estimate of drug-likeness (QED) is 0.729. The van der Waals surface area contributed by atoms with Crippen molar-refractivity contribution >= 4 is 5.78 Å². The summed E-state index contributed by atoms with van der Waals surface area (Å²) in [6.45, 7) is 4.36. The van der Waals surface area contributed by atoms with Crippen LogP contribution in [0, 0.1) is 5.92 Å². The molecule has 2 rings (SSSR count). The Labute approximate surface area is 127 Å². The minimum Gasteiger partial charge on any atom is -0.496 e. The molecule has 1 saturated carbocycles. The Morgan fingerprint density at radius 2 is 2.14 bits per heavy atom. The van der Waals surface area contributed by atoms with Gasteiger partial charge in [0.15, 0.2) is 5.78 Å². The van der Waals surface area contributed by atoms with Crippen LogP contribution in [0.3, 0.4) is 0 Å². The number of methoxy groups -OCH3 is 1. The van der Waals surface area contributed by atoms with Crippen molar-refractivity contribution in [2.24, 2.45) is 5.92 Å². The van der Waals surface area contributed by atoms with E-state index in [0.29, 0.717) is 18.3 Å². The summed E-state index contributed by atoms with van der Waals surface area (Å²) in [4.78, 5) is 11.5. The summed E-state index contributed by atoms with van der Waals surface area (Å²) in [5, 5.41) is 0. The van der Waals surface area contributed by atoms with Crippen LogP contribution >= 0.6 is 0 Å². The molecule has 0 radical (unpaired) electrons. The van der Waals surface area contributed by atoms with Crippen LogP contribution in [-0.2, 0) is 11.3 Å². The summed E-state index contributed by atoms with van der Waals surface area (Å²) in [6.07, 6.45) is 6.47. The molecule has 1 aliphatic rings. The van der Waals surface area contributed by atoms with Gasteiger partial charge in [0.2, 0.25) is 0 Å². The standard InChI is InChI=1S/C18H26O3/c1-4-14-6-5-7-17(10-14)21-12-16-11-15(13(2)19)8-9-18(16)20-3/h8-9,11,14,17H,4-7,10,12H2,1-3H3. The molecule has 0 aliphatic heterocycles. The lowest BCUT2D eigenvalue weighted by molar-refractivity contribution is 0.00106. The van der Waals surface area contributed by atoms with Crippen LogP contribution in [0.1, 0.15) is 61.9 Å². The molecular formula is C18H26O3. The average molecular weight is 290 g/mol. The van der Waals surface area contributed by atoms with Crippen LogP contribution in [0.15, 0.2) is 18.2 Å². The van der Waals surface area contributed by atoms with Crippen LogP contribution in [0.5, 0.6) is 5.75 Å². The molecule has 0 aromatic heterocycles. The maximum Gasteiger partial charge on any atom is 0.159 e. The van der Waals surface area contributed by atoms with Crippen LogP contribution in [0.2, 0.25) is 0 Å². The molecule has 1 fully saturated rings. The number of benzene rings is 1. The van der Waals surface area contributed by atoms with Crippen LogP contribution in [0.4, 0.5) is 0 Å². The number of ketones is 1. The van der Waals surface area contributed by atoms with Gasteiger partial charge in [-0.1, -0.05) is 26.2 Å². The topological polar surface area (TPSA) is 35.5 Å². The summed E-state index contributed by atoms with van der Waals surface area (Å²) in [5.74, 6) is 1.67. The highest BCUT2D eigenvalue weighted by Crippen LogP contribution is 2.30. The number of hydrogen-bond donors (Lipinski definition) is 0. The smallest absolute Gasteiger partial charge is 0.159 e. The Bertz CT molecular complexity index is 481. The molecule has 0 bridgehead atoms. The SMILES string of the molecule is CCC1CCCC(OCc2cc(C(C)=O)ccc2OC)C1. The lowest BCUT2D eigenvalue weighted by atomic mass is 9.85. The van der Waals surface area contributed by atoms with Gasteiger partial charge in [-0.05, 0) is 43.9 Å². The van der Waals surface area contributed by atoms with Crippen molar-refractivity contribution in [3.63, 3.8) is 0 Å². The lowest BCUT2D eigenvalue weighted by Crippen LogP contribution is -2.22. The minimum atomic E-state index is 0.0719. The summed E-state index contributed by atoms with van der Waals surface area (Å²) in [7, 11) is 1.65. The molecule has 2 unspecified atom stereocenters. The van der Waals surface area contributed by atoms with Gasteiger partial charge < -0.3 is 9.47 Å². The van der Waals surface area contributed by atoms with E-state index < -0.39 is 0 Å². The molecule has 116 valence electrons. The largest absolute Gasteiger partial charge is 0.496 e. The number of hydrogen-bond acceptors (Lipinski definition) is 3. The van der Waals surface area contributed by atoms with E-state index in [4.69, 9.17) is 9.47 Å². The van der Waals surface area contributed by atoms with Gasteiger partial charge in [-0.3, -0.25) is 4.79 Å². The zero-order valence-corrected chi connectivity index (χ0v) is 13.4. The Morgan fingerprint density at radius 3 is 2.81 bits per heavy atom. The molecule has 0 heterocycles. The molecule has 0 saturated heterocycles. The van der Waals surface area contributed by atoms with Crippen LogP contribution in [0.25, 0.3) is 0 Å². The summed E-state index contributed by atoms with van der Waals surface area (Å²) < 4.78 is 11.5. The van der Waals surface area contributed by atoms with Crippen molar-refractivity contribution in [1.82, 2.24) is 0 Å². The maximum absolute atomic E-state index is 11.5. The number of carbonyl (C=O) groups excluding carboxylic acids is 1. The molecule has 3 heteroatoms. The number of Topliss-reactive ketones (excluding diaryl/α,β-unsaturated/α-hetero) is 1. The maximum atomic E-state index is 11.5. The minimum absolute atomic E-state index is 0.0719. The highest BCUT2D eigenvalue weighted by molar-refractivity contribution is 5.94. The van der Waals surface area contributed by atoms with E-state index in [1.54, 1.807) is 20.1 Å². The number of rotatable bonds is 6. The first kappa shape index (κ1) is 16.0. The fraction of sp³-hybridized carbons (Fsp3) is 0.611. The third-order valence-electron chi connectivity index (χ3n) is 4.47. The summed E-state index contributed by atoms with van der Waals surface area (Å²) in [6, 6.07) is 5.55. The monoisotopic (exact) mass is 290 g/mol. The molecular weight excluding hydrogens is 264 g/mol. The van der Waals surface area contributed by atoms with Crippen LogP contribution in [-0.4, -0.2) is 19.0 Å². The molecule has 1 aromatic rings. The molecule has 1 aliphatic carbocycles. The molecule has 1 aromatic carbocycles. The first-order chi connectivity index (χ1) is 10.1. The van der Waals surface area contributed by atoms with Gasteiger partial charge >= 0.3 is 0 Å². The molecule has 21 heavy (non-hydrogen) atoms. The summed E-state index contributed by atoms with van der Waals surface area (Å²) in [5.41, 5.74) is 1.67. The molecule has 0 amide bonds. The van der Waals surface area contributed by atoms with E-state index in [2.05, 4.69) is 6.92 Å². The Kier molecular flexibility index (Phi) is 5.80. The van der Waals surface area contributed by atoms with Gasteiger partial charge in [0.25, 0.3) is 0 Å². The van der Waals surface area contributed by atoms with Gasteiger partial charge in [-0.25, -0.2) is 0 Å². The highest BCUT2D eigenvalue weighted by atomic mass is 16.5. The third-order valence-corrected chi connectivity index (χ3v) is 4.47. The van der Waals surface area contributed by atoms with E-state index >= 15 is 0 Å². The van der Waals surface area contributed by atoms with Gasteiger partial charge in [0.1, 0.15) is 5.75 Å². The average Bonchev–Trinajstić information content (AvgIpc) is 2.52. The molecule has 0 spiro atoms. The lowest BCUT2D eigenvalue weighted by Gasteiger charge is -2.28. The van der Waals surface area contributed by atoms with Gasteiger partial charge in [-0.15, -0.1) is 0 Å². The predicted octanol–water partition coefficient (Wildman–Crippen LogP) is 4.38. The second-order valence-corrected chi connectivity index (χ2v) is 5.96. The van der Waals surface area contributed by atoms with E-state index in [1.165, 1.54) is 19.3 Å². The van der Waals surface area contributed by atoms with E-state index in [9.17, 15) is 4.79 Å². The van der Waals surface area contributed by atoms with Crippen LogP contribution < -0.4 is 4.74 Å². The Hall–Kier alpha value is -1.35. The predicted molar refractivity (Wildman–Crippen MR) is 83.8 cm³/mol. The van der Waals surface area contributed by atoms with Gasteiger partial charge in [0, 0.05) is 11.1 Å². The first-order valence-corrected chi connectivity index (χ1v) is 7.93. The highest BCUT2D eigenvalue weighted by Gasteiger charge is 2.21. The van der Waals surface area contributed by atoms with Crippen molar-refractivity contribution in [1.29, 1.82) is 0 Å². The second kappa shape index (κ2) is 7.60. The number of ether oxygens (including phenoxy) is 2. The molecule has 2 atom stereocenters. The van der Waals surface area contributed by atoms with E-state index in [1.807, 2.05) is 12.1 Å². The fourth-order valence-electron chi connectivity index (χ4n) is 3.08. The second-order valence-electron chi connectivity index (χ2n) is 5.96. The first-order valence-electron chi connectivity index (χ1n) is 7.93. The van der Waals surface area contributed by atoms with E-state index in [-0.39, 0.29) is 5.78 Å². The summed E-state index contributed by atoms with van der Waals surface area (Å²) >= 11 is 0. The fourth-order valence-corrected chi connectivity index (χ4v) is 3.08. The zero-order chi connectivity index (χ0) is 15.2. The number of carbonyl (C=O) groups is 1. The van der Waals surface area contributed by atoms with Gasteiger partial charge in [-0.2, -0.15) is 0 Å².